The number of hydrogen-bond donors (Lipinski definition) is 1. The third-order valence-corrected chi connectivity index (χ3v) is 5.08. The summed E-state index contributed by atoms with van der Waals surface area (Å²) in [6, 6.07) is 0. The molecule has 1 aromatic rings. The Labute approximate surface area is 108 Å². The zero-order valence-corrected chi connectivity index (χ0v) is 11.7. The van der Waals surface area contributed by atoms with Crippen LogP contribution in [0.25, 0.3) is 0 Å². The van der Waals surface area contributed by atoms with Gasteiger partial charge in [-0.3, -0.25) is 4.68 Å². The molecule has 0 aromatic carbocycles. The van der Waals surface area contributed by atoms with Gasteiger partial charge in [0.25, 0.3) is 0 Å². The molecule has 0 amide bonds. The second-order valence-corrected chi connectivity index (χ2v) is 6.89. The first-order chi connectivity index (χ1) is 8.50. The summed E-state index contributed by atoms with van der Waals surface area (Å²) in [4.78, 5) is 0.260. The molecule has 102 valence electrons. The lowest BCUT2D eigenvalue weighted by Gasteiger charge is -2.26. The van der Waals surface area contributed by atoms with E-state index in [1.807, 2.05) is 0 Å². The van der Waals surface area contributed by atoms with Crippen molar-refractivity contribution >= 4 is 10.0 Å². The fraction of sp³-hybridized carbons (Fsp3) is 0.727. The molecule has 0 saturated carbocycles. The molecule has 1 atom stereocenters. The van der Waals surface area contributed by atoms with Gasteiger partial charge >= 0.3 is 0 Å². The van der Waals surface area contributed by atoms with Gasteiger partial charge in [0.2, 0.25) is 10.0 Å². The molecule has 6 nitrogen and oxygen atoms in total. The summed E-state index contributed by atoms with van der Waals surface area (Å²) in [5.41, 5.74) is 0. The van der Waals surface area contributed by atoms with Gasteiger partial charge in [0, 0.05) is 26.8 Å². The van der Waals surface area contributed by atoms with Gasteiger partial charge in [0.15, 0.2) is 0 Å². The number of sulfonamides is 1. The van der Waals surface area contributed by atoms with E-state index in [0.29, 0.717) is 12.5 Å². The molecule has 1 aliphatic rings. The summed E-state index contributed by atoms with van der Waals surface area (Å²) in [5.74, 6) is 0.398. The van der Waals surface area contributed by atoms with Crippen LogP contribution in [-0.2, 0) is 17.1 Å². The van der Waals surface area contributed by atoms with E-state index in [4.69, 9.17) is 0 Å². The van der Waals surface area contributed by atoms with Crippen molar-refractivity contribution in [2.45, 2.75) is 17.7 Å². The Morgan fingerprint density at radius 2 is 2.39 bits per heavy atom. The van der Waals surface area contributed by atoms with Gasteiger partial charge in [-0.2, -0.15) is 5.10 Å². The van der Waals surface area contributed by atoms with E-state index in [1.54, 1.807) is 14.1 Å². The number of aromatic nitrogens is 2. The summed E-state index contributed by atoms with van der Waals surface area (Å²) < 4.78 is 27.5. The molecule has 18 heavy (non-hydrogen) atoms. The zero-order chi connectivity index (χ0) is 13.2. The van der Waals surface area contributed by atoms with E-state index >= 15 is 0 Å². The van der Waals surface area contributed by atoms with Crippen molar-refractivity contribution < 1.29 is 8.42 Å². The molecule has 0 spiro atoms. The SMILES string of the molecule is CN(CC1CCCNC1)S(=O)(=O)c1cnn(C)c1. The van der Waals surface area contributed by atoms with Crippen LogP contribution >= 0.6 is 0 Å². The van der Waals surface area contributed by atoms with Crippen LogP contribution in [0.5, 0.6) is 0 Å². The van der Waals surface area contributed by atoms with Gasteiger partial charge in [-0.25, -0.2) is 12.7 Å². The fourth-order valence-electron chi connectivity index (χ4n) is 2.25. The zero-order valence-electron chi connectivity index (χ0n) is 10.8. The lowest BCUT2D eigenvalue weighted by atomic mass is 10.00. The third kappa shape index (κ3) is 2.90. The number of hydrogen-bond acceptors (Lipinski definition) is 4. The average Bonchev–Trinajstić information content (AvgIpc) is 2.78. The minimum Gasteiger partial charge on any atom is -0.316 e. The van der Waals surface area contributed by atoms with Crippen molar-refractivity contribution in [2.75, 3.05) is 26.7 Å². The first-order valence-corrected chi connectivity index (χ1v) is 7.60. The van der Waals surface area contributed by atoms with Crippen LogP contribution in [0.4, 0.5) is 0 Å². The van der Waals surface area contributed by atoms with Gasteiger partial charge in [0.05, 0.1) is 6.20 Å². The van der Waals surface area contributed by atoms with Crippen molar-refractivity contribution in [3.05, 3.63) is 12.4 Å². The third-order valence-electron chi connectivity index (χ3n) is 3.30. The molecule has 1 fully saturated rings. The molecular weight excluding hydrogens is 252 g/mol. The second-order valence-electron chi connectivity index (χ2n) is 4.85. The summed E-state index contributed by atoms with van der Waals surface area (Å²) in [7, 11) is -0.0471. The minimum absolute atomic E-state index is 0.260. The molecule has 1 unspecified atom stereocenters. The second kappa shape index (κ2) is 5.38. The Kier molecular flexibility index (Phi) is 4.04. The van der Waals surface area contributed by atoms with Crippen molar-refractivity contribution in [2.24, 2.45) is 13.0 Å². The number of aryl methyl sites for hydroxylation is 1. The summed E-state index contributed by atoms with van der Waals surface area (Å²) in [5, 5.41) is 7.21. The molecule has 1 aromatic heterocycles. The molecule has 0 aliphatic carbocycles. The van der Waals surface area contributed by atoms with Gasteiger partial charge < -0.3 is 5.32 Å². The van der Waals surface area contributed by atoms with Crippen LogP contribution in [0.2, 0.25) is 0 Å². The molecular formula is C11H20N4O2S. The van der Waals surface area contributed by atoms with Crippen LogP contribution in [0.1, 0.15) is 12.8 Å². The maximum absolute atomic E-state index is 12.3. The first kappa shape index (κ1) is 13.5. The largest absolute Gasteiger partial charge is 0.316 e. The Hall–Kier alpha value is -0.920. The highest BCUT2D eigenvalue weighted by Gasteiger charge is 2.25. The Morgan fingerprint density at radius 3 is 2.94 bits per heavy atom. The minimum atomic E-state index is -3.40. The highest BCUT2D eigenvalue weighted by atomic mass is 32.2. The van der Waals surface area contributed by atoms with Crippen LogP contribution in [0.15, 0.2) is 17.3 Å². The topological polar surface area (TPSA) is 67.2 Å². The monoisotopic (exact) mass is 272 g/mol. The van der Waals surface area contributed by atoms with Crippen LogP contribution in [0.3, 0.4) is 0 Å². The first-order valence-electron chi connectivity index (χ1n) is 6.16. The Morgan fingerprint density at radius 1 is 1.61 bits per heavy atom. The quantitative estimate of drug-likeness (QED) is 0.840. The molecule has 1 saturated heterocycles. The Bertz CT molecular complexity index is 491. The van der Waals surface area contributed by atoms with E-state index in [1.165, 1.54) is 21.4 Å². The average molecular weight is 272 g/mol. The van der Waals surface area contributed by atoms with Crippen molar-refractivity contribution in [3.8, 4) is 0 Å². The number of piperidine rings is 1. The van der Waals surface area contributed by atoms with Gasteiger partial charge in [0.1, 0.15) is 4.90 Å². The van der Waals surface area contributed by atoms with Gasteiger partial charge in [-0.05, 0) is 31.8 Å². The number of nitrogens with one attached hydrogen (secondary N) is 1. The molecule has 7 heteroatoms. The van der Waals surface area contributed by atoms with Crippen molar-refractivity contribution in [1.82, 2.24) is 19.4 Å². The van der Waals surface area contributed by atoms with Crippen molar-refractivity contribution in [3.63, 3.8) is 0 Å². The maximum atomic E-state index is 12.3. The summed E-state index contributed by atoms with van der Waals surface area (Å²) in [6.07, 6.45) is 5.13. The molecule has 2 heterocycles. The smallest absolute Gasteiger partial charge is 0.245 e. The molecule has 0 radical (unpaired) electrons. The van der Waals surface area contributed by atoms with E-state index in [-0.39, 0.29) is 4.90 Å². The van der Waals surface area contributed by atoms with Crippen LogP contribution < -0.4 is 5.32 Å². The normalized spacial score (nSPS) is 21.4. The van der Waals surface area contributed by atoms with E-state index in [9.17, 15) is 8.42 Å². The predicted molar refractivity (Wildman–Crippen MR) is 68.6 cm³/mol. The van der Waals surface area contributed by atoms with Gasteiger partial charge in [-0.15, -0.1) is 0 Å². The predicted octanol–water partition coefficient (Wildman–Crippen LogP) is 0.0402. The molecule has 0 bridgehead atoms. The fourth-order valence-corrected chi connectivity index (χ4v) is 3.49. The van der Waals surface area contributed by atoms with Gasteiger partial charge in [-0.1, -0.05) is 0 Å². The summed E-state index contributed by atoms with van der Waals surface area (Å²) >= 11 is 0. The lowest BCUT2D eigenvalue weighted by Crippen LogP contribution is -2.39. The van der Waals surface area contributed by atoms with E-state index in [2.05, 4.69) is 10.4 Å². The van der Waals surface area contributed by atoms with Crippen LogP contribution in [-0.4, -0.2) is 49.2 Å². The van der Waals surface area contributed by atoms with E-state index in [0.717, 1.165) is 25.9 Å². The molecule has 1 aliphatic heterocycles. The molecule has 2 rings (SSSR count). The Balaban J connectivity index is 2.05. The van der Waals surface area contributed by atoms with Crippen molar-refractivity contribution in [1.29, 1.82) is 0 Å². The highest BCUT2D eigenvalue weighted by Crippen LogP contribution is 2.17. The lowest BCUT2D eigenvalue weighted by molar-refractivity contribution is 0.315. The van der Waals surface area contributed by atoms with Crippen LogP contribution in [0, 0.1) is 5.92 Å². The van der Waals surface area contributed by atoms with E-state index < -0.39 is 10.0 Å². The summed E-state index contributed by atoms with van der Waals surface area (Å²) in [6.45, 7) is 2.49. The molecule has 1 N–H and O–H groups in total. The highest BCUT2D eigenvalue weighted by molar-refractivity contribution is 7.89. The standard InChI is InChI=1S/C11H20N4O2S/c1-14-9-11(7-13-14)18(16,17)15(2)8-10-4-3-5-12-6-10/h7,9-10,12H,3-6,8H2,1-2H3. The number of rotatable bonds is 4. The number of nitrogens with zero attached hydrogens (tertiary/aromatic N) is 3. The maximum Gasteiger partial charge on any atom is 0.245 e.